The largest absolute Gasteiger partial charge is 0.360 e. The monoisotopic (exact) mass is 291 g/mol. The molecule has 1 fully saturated rings. The van der Waals surface area contributed by atoms with Crippen molar-refractivity contribution >= 4 is 17.8 Å². The number of ether oxygens (including phenoxy) is 1. The molecule has 2 rings (SSSR count). The third kappa shape index (κ3) is 3.49. The van der Waals surface area contributed by atoms with Gasteiger partial charge in [0.15, 0.2) is 6.10 Å². The van der Waals surface area contributed by atoms with Crippen molar-refractivity contribution in [3.05, 3.63) is 0 Å². The predicted molar refractivity (Wildman–Crippen MR) is 80.5 cm³/mol. The summed E-state index contributed by atoms with van der Waals surface area (Å²) >= 11 is 0. The van der Waals surface area contributed by atoms with Crippen molar-refractivity contribution in [2.45, 2.75) is 20.0 Å². The second kappa shape index (κ2) is 7.04. The van der Waals surface area contributed by atoms with Gasteiger partial charge in [-0.15, -0.1) is 0 Å². The van der Waals surface area contributed by atoms with Crippen LogP contribution in [0.1, 0.15) is 13.8 Å². The maximum absolute atomic E-state index is 9.00. The van der Waals surface area contributed by atoms with Gasteiger partial charge in [-0.3, -0.25) is 0 Å². The van der Waals surface area contributed by atoms with E-state index in [1.54, 1.807) is 7.05 Å². The summed E-state index contributed by atoms with van der Waals surface area (Å²) in [6.45, 7) is 7.42. The molecule has 0 radical (unpaired) electrons. The first-order chi connectivity index (χ1) is 10.2. The van der Waals surface area contributed by atoms with Gasteiger partial charge in [-0.25, -0.2) is 0 Å². The molecule has 114 valence electrons. The first-order valence-corrected chi connectivity index (χ1v) is 7.16. The molecule has 0 spiro atoms. The SMILES string of the molecule is CCN(CC)c1nc(NC)nc(N2CCOC(C#N)C2)n1. The molecule has 1 saturated heterocycles. The molecule has 0 bridgehead atoms. The number of nitriles is 1. The molecule has 0 saturated carbocycles. The van der Waals surface area contributed by atoms with Crippen molar-refractivity contribution in [3.63, 3.8) is 0 Å². The van der Waals surface area contributed by atoms with Gasteiger partial charge in [0.1, 0.15) is 0 Å². The molecule has 1 atom stereocenters. The van der Waals surface area contributed by atoms with E-state index in [0.717, 1.165) is 13.1 Å². The van der Waals surface area contributed by atoms with Gasteiger partial charge in [-0.2, -0.15) is 20.2 Å². The second-order valence-electron chi connectivity index (χ2n) is 4.62. The molecule has 21 heavy (non-hydrogen) atoms. The van der Waals surface area contributed by atoms with Gasteiger partial charge in [-0.1, -0.05) is 0 Å². The maximum Gasteiger partial charge on any atom is 0.232 e. The minimum atomic E-state index is -0.439. The van der Waals surface area contributed by atoms with Crippen LogP contribution in [0.2, 0.25) is 0 Å². The van der Waals surface area contributed by atoms with Crippen LogP contribution in [0.5, 0.6) is 0 Å². The Hall–Kier alpha value is -2.14. The van der Waals surface area contributed by atoms with Crippen LogP contribution in [0.4, 0.5) is 17.8 Å². The fraction of sp³-hybridized carbons (Fsp3) is 0.692. The predicted octanol–water partition coefficient (Wildman–Crippen LogP) is 0.488. The lowest BCUT2D eigenvalue weighted by Gasteiger charge is -2.30. The fourth-order valence-corrected chi connectivity index (χ4v) is 2.16. The van der Waals surface area contributed by atoms with Gasteiger partial charge < -0.3 is 19.9 Å². The molecule has 1 unspecified atom stereocenters. The average molecular weight is 291 g/mol. The third-order valence-corrected chi connectivity index (χ3v) is 3.37. The highest BCUT2D eigenvalue weighted by atomic mass is 16.5. The van der Waals surface area contributed by atoms with Crippen LogP contribution < -0.4 is 15.1 Å². The Labute approximate surface area is 124 Å². The molecule has 8 heteroatoms. The van der Waals surface area contributed by atoms with Gasteiger partial charge in [0, 0.05) is 26.7 Å². The molecule has 1 N–H and O–H groups in total. The van der Waals surface area contributed by atoms with E-state index < -0.39 is 6.10 Å². The quantitative estimate of drug-likeness (QED) is 0.838. The summed E-state index contributed by atoms with van der Waals surface area (Å²) < 4.78 is 5.36. The van der Waals surface area contributed by atoms with E-state index in [9.17, 15) is 0 Å². The van der Waals surface area contributed by atoms with Crippen LogP contribution in [0.25, 0.3) is 0 Å². The van der Waals surface area contributed by atoms with Crippen molar-refractivity contribution in [2.24, 2.45) is 0 Å². The Morgan fingerprint density at radius 3 is 2.76 bits per heavy atom. The summed E-state index contributed by atoms with van der Waals surface area (Å²) in [4.78, 5) is 17.4. The highest BCUT2D eigenvalue weighted by Gasteiger charge is 2.23. The number of morpholine rings is 1. The Bertz CT molecular complexity index is 512. The van der Waals surface area contributed by atoms with Gasteiger partial charge in [0.05, 0.1) is 19.2 Å². The van der Waals surface area contributed by atoms with Crippen LogP contribution in [0, 0.1) is 11.3 Å². The number of nitrogens with one attached hydrogen (secondary N) is 1. The number of hydrogen-bond donors (Lipinski definition) is 1. The second-order valence-corrected chi connectivity index (χ2v) is 4.62. The van der Waals surface area contributed by atoms with Crippen LogP contribution in [0.15, 0.2) is 0 Å². The van der Waals surface area contributed by atoms with Crippen LogP contribution in [-0.4, -0.2) is 60.9 Å². The van der Waals surface area contributed by atoms with E-state index in [1.165, 1.54) is 0 Å². The lowest BCUT2D eigenvalue weighted by atomic mass is 10.3. The zero-order valence-electron chi connectivity index (χ0n) is 12.7. The van der Waals surface area contributed by atoms with Crippen molar-refractivity contribution in [3.8, 4) is 6.07 Å². The summed E-state index contributed by atoms with van der Waals surface area (Å²) in [5.41, 5.74) is 0. The van der Waals surface area contributed by atoms with Crippen LogP contribution in [-0.2, 0) is 4.74 Å². The molecule has 0 amide bonds. The van der Waals surface area contributed by atoms with Crippen LogP contribution in [0.3, 0.4) is 0 Å². The number of hydrogen-bond acceptors (Lipinski definition) is 8. The minimum Gasteiger partial charge on any atom is -0.360 e. The van der Waals surface area contributed by atoms with Crippen molar-refractivity contribution in [2.75, 3.05) is 55.0 Å². The normalized spacial score (nSPS) is 18.2. The molecule has 2 heterocycles. The number of nitrogens with zero attached hydrogens (tertiary/aromatic N) is 6. The summed E-state index contributed by atoms with van der Waals surface area (Å²) in [7, 11) is 1.78. The van der Waals surface area contributed by atoms with E-state index in [4.69, 9.17) is 10.00 Å². The topological polar surface area (TPSA) is 90.2 Å². The van der Waals surface area contributed by atoms with E-state index in [1.807, 2.05) is 4.90 Å². The Kier molecular flexibility index (Phi) is 5.11. The minimum absolute atomic E-state index is 0.439. The molecule has 0 aromatic carbocycles. The average Bonchev–Trinajstić information content (AvgIpc) is 2.55. The summed E-state index contributed by atoms with van der Waals surface area (Å²) in [5.74, 6) is 1.76. The highest BCUT2D eigenvalue weighted by molar-refractivity contribution is 5.45. The Balaban J connectivity index is 2.30. The fourth-order valence-electron chi connectivity index (χ4n) is 2.16. The summed E-state index contributed by atoms with van der Waals surface area (Å²) in [5, 5.41) is 12.0. The zero-order valence-corrected chi connectivity index (χ0v) is 12.7. The maximum atomic E-state index is 9.00. The lowest BCUT2D eigenvalue weighted by Crippen LogP contribution is -2.43. The Morgan fingerprint density at radius 1 is 1.38 bits per heavy atom. The van der Waals surface area contributed by atoms with Gasteiger partial charge in [0.2, 0.25) is 17.8 Å². The molecule has 1 aliphatic rings. The van der Waals surface area contributed by atoms with Gasteiger partial charge in [0.25, 0.3) is 0 Å². The van der Waals surface area contributed by atoms with E-state index in [2.05, 4.69) is 45.1 Å². The van der Waals surface area contributed by atoms with Crippen molar-refractivity contribution in [1.29, 1.82) is 5.26 Å². The summed E-state index contributed by atoms with van der Waals surface area (Å²) in [6, 6.07) is 2.13. The van der Waals surface area contributed by atoms with Gasteiger partial charge in [-0.05, 0) is 13.8 Å². The molecular formula is C13H21N7O. The first-order valence-electron chi connectivity index (χ1n) is 7.16. The molecule has 1 aromatic rings. The van der Waals surface area contributed by atoms with Crippen molar-refractivity contribution < 1.29 is 4.74 Å². The van der Waals surface area contributed by atoms with E-state index >= 15 is 0 Å². The Morgan fingerprint density at radius 2 is 2.14 bits per heavy atom. The summed E-state index contributed by atoms with van der Waals surface area (Å²) in [6.07, 6.45) is -0.439. The molecule has 0 aliphatic carbocycles. The van der Waals surface area contributed by atoms with E-state index in [-0.39, 0.29) is 0 Å². The molecular weight excluding hydrogens is 270 g/mol. The van der Waals surface area contributed by atoms with E-state index in [0.29, 0.717) is 37.5 Å². The molecule has 1 aliphatic heterocycles. The number of anilines is 3. The standard InChI is InChI=1S/C13H21N7O/c1-4-19(5-2)12-16-11(15-3)17-13(18-12)20-6-7-21-10(8-14)9-20/h10H,4-7,9H2,1-3H3,(H,15,16,17,18). The number of rotatable bonds is 5. The molecule has 8 nitrogen and oxygen atoms in total. The first kappa shape index (κ1) is 15.3. The lowest BCUT2D eigenvalue weighted by molar-refractivity contribution is 0.0758. The molecule has 1 aromatic heterocycles. The van der Waals surface area contributed by atoms with Crippen molar-refractivity contribution in [1.82, 2.24) is 15.0 Å². The zero-order chi connectivity index (χ0) is 15.2. The third-order valence-electron chi connectivity index (χ3n) is 3.37. The highest BCUT2D eigenvalue weighted by Crippen LogP contribution is 2.18. The number of aromatic nitrogens is 3. The van der Waals surface area contributed by atoms with Gasteiger partial charge >= 0.3 is 0 Å². The van der Waals surface area contributed by atoms with Crippen LogP contribution >= 0.6 is 0 Å². The smallest absolute Gasteiger partial charge is 0.232 e.